The summed E-state index contributed by atoms with van der Waals surface area (Å²) in [6.45, 7) is 0.981. The number of carbonyl (C=O) groups is 1. The molecule has 2 aromatic carbocycles. The molecule has 9 nitrogen and oxygen atoms in total. The lowest BCUT2D eigenvalue weighted by atomic mass is 9.90. The molecular weight excluding hydrogens is 430 g/mol. The maximum atomic E-state index is 12.7. The van der Waals surface area contributed by atoms with Crippen LogP contribution >= 0.6 is 11.8 Å². The van der Waals surface area contributed by atoms with E-state index in [0.29, 0.717) is 29.0 Å². The number of hydrogen-bond acceptors (Lipinski definition) is 9. The summed E-state index contributed by atoms with van der Waals surface area (Å²) in [5, 5.41) is 14.0. The first-order chi connectivity index (χ1) is 15.7. The zero-order valence-electron chi connectivity index (χ0n) is 17.0. The lowest BCUT2D eigenvalue weighted by Gasteiger charge is -2.35. The molecular formula is C22H21N5O4S. The molecule has 0 aliphatic carbocycles. The molecule has 0 spiro atoms. The van der Waals surface area contributed by atoms with Crippen LogP contribution in [0.25, 0.3) is 11.4 Å². The first-order valence-corrected chi connectivity index (χ1v) is 11.5. The van der Waals surface area contributed by atoms with E-state index in [0.717, 1.165) is 12.1 Å². The van der Waals surface area contributed by atoms with Crippen molar-refractivity contribution < 1.29 is 18.8 Å². The minimum atomic E-state index is -0.240. The monoisotopic (exact) mass is 451 g/mol. The van der Waals surface area contributed by atoms with Gasteiger partial charge < -0.3 is 24.6 Å². The molecule has 1 amide bonds. The third-order valence-corrected chi connectivity index (χ3v) is 6.95. The topological polar surface area (TPSA) is 111 Å². The number of fused-ring (bicyclic) bond motifs is 2. The second-order valence-corrected chi connectivity index (χ2v) is 8.97. The van der Waals surface area contributed by atoms with Gasteiger partial charge in [-0.25, -0.2) is 0 Å². The summed E-state index contributed by atoms with van der Waals surface area (Å²) in [7, 11) is 0. The van der Waals surface area contributed by atoms with Gasteiger partial charge in [0, 0.05) is 24.1 Å². The Labute approximate surface area is 188 Å². The van der Waals surface area contributed by atoms with Crippen LogP contribution in [0, 0.1) is 0 Å². The Morgan fingerprint density at radius 2 is 1.97 bits per heavy atom. The average Bonchev–Trinajstić information content (AvgIpc) is 3.57. The van der Waals surface area contributed by atoms with E-state index in [9.17, 15) is 4.79 Å². The lowest BCUT2D eigenvalue weighted by Crippen LogP contribution is -2.64. The quantitative estimate of drug-likeness (QED) is 0.535. The highest BCUT2D eigenvalue weighted by Crippen LogP contribution is 2.35. The van der Waals surface area contributed by atoms with E-state index in [1.807, 2.05) is 36.4 Å². The summed E-state index contributed by atoms with van der Waals surface area (Å²) >= 11 is 1.52. The summed E-state index contributed by atoms with van der Waals surface area (Å²) in [4.78, 5) is 17.1. The number of nitrogens with zero attached hydrogens (tertiary/aromatic N) is 2. The summed E-state index contributed by atoms with van der Waals surface area (Å²) in [5.41, 5.74) is 1.78. The fourth-order valence-corrected chi connectivity index (χ4v) is 5.26. The van der Waals surface area contributed by atoms with Gasteiger partial charge >= 0.3 is 0 Å². The van der Waals surface area contributed by atoms with E-state index < -0.39 is 0 Å². The largest absolute Gasteiger partial charge is 0.454 e. The van der Waals surface area contributed by atoms with Gasteiger partial charge in [0.1, 0.15) is 11.5 Å². The number of benzene rings is 2. The van der Waals surface area contributed by atoms with Crippen LogP contribution in [-0.2, 0) is 10.5 Å². The molecule has 0 saturated carbocycles. The number of nitrogens with one attached hydrogen (secondary N) is 3. The third kappa shape index (κ3) is 3.60. The molecule has 2 fully saturated rings. The zero-order valence-corrected chi connectivity index (χ0v) is 17.8. The van der Waals surface area contributed by atoms with Crippen molar-refractivity contribution in [3.63, 3.8) is 0 Å². The van der Waals surface area contributed by atoms with Crippen LogP contribution in [0.3, 0.4) is 0 Å². The second-order valence-electron chi connectivity index (χ2n) is 7.87. The lowest BCUT2D eigenvalue weighted by molar-refractivity contribution is -0.125. The maximum Gasteiger partial charge on any atom is 0.240 e. The number of aromatic nitrogens is 2. The van der Waals surface area contributed by atoms with Crippen molar-refractivity contribution in [2.75, 3.05) is 13.3 Å². The van der Waals surface area contributed by atoms with Crippen molar-refractivity contribution in [1.29, 1.82) is 0 Å². The summed E-state index contributed by atoms with van der Waals surface area (Å²) < 4.78 is 16.2. The molecule has 0 bridgehead atoms. The minimum absolute atomic E-state index is 0.0104. The molecule has 32 heavy (non-hydrogen) atoms. The number of thioether (sulfide) groups is 1. The van der Waals surface area contributed by atoms with Gasteiger partial charge in [0.2, 0.25) is 24.4 Å². The molecule has 10 heteroatoms. The SMILES string of the molecule is O=C1NC(SCc2nc(-c3ccc4c(c3)OCO4)no2)NC2C1NCC2c1ccccc1. The molecule has 4 heterocycles. The highest BCUT2D eigenvalue weighted by molar-refractivity contribution is 7.99. The predicted octanol–water partition coefficient (Wildman–Crippen LogP) is 1.83. The van der Waals surface area contributed by atoms with E-state index >= 15 is 0 Å². The van der Waals surface area contributed by atoms with Gasteiger partial charge in [-0.1, -0.05) is 35.5 Å². The van der Waals surface area contributed by atoms with Gasteiger partial charge in [-0.2, -0.15) is 4.98 Å². The predicted molar refractivity (Wildman–Crippen MR) is 117 cm³/mol. The number of ether oxygens (including phenoxy) is 2. The number of amides is 1. The molecule has 4 atom stereocenters. The fraction of sp³-hybridized carbons (Fsp3) is 0.318. The van der Waals surface area contributed by atoms with Crippen molar-refractivity contribution in [2.24, 2.45) is 0 Å². The van der Waals surface area contributed by atoms with Crippen LogP contribution in [-0.4, -0.2) is 47.0 Å². The van der Waals surface area contributed by atoms with Gasteiger partial charge in [0.15, 0.2) is 11.5 Å². The highest BCUT2D eigenvalue weighted by Gasteiger charge is 2.45. The molecule has 3 aliphatic heterocycles. The standard InChI is InChI=1S/C22H21N5O4S/c28-21-19-18(14(9-23-19)12-4-2-1-3-5-12)25-22(26-21)32-10-17-24-20(27-31-17)13-6-7-15-16(8-13)30-11-29-15/h1-8,14,18-19,22-23,25H,9-11H2,(H,26,28). The number of carbonyl (C=O) groups excluding carboxylic acids is 1. The normalized spacial score (nSPS) is 26.1. The van der Waals surface area contributed by atoms with E-state index in [4.69, 9.17) is 14.0 Å². The third-order valence-electron chi connectivity index (χ3n) is 5.95. The Morgan fingerprint density at radius 1 is 1.09 bits per heavy atom. The van der Waals surface area contributed by atoms with Crippen LogP contribution in [0.1, 0.15) is 17.4 Å². The molecule has 164 valence electrons. The van der Waals surface area contributed by atoms with Gasteiger partial charge in [-0.3, -0.25) is 10.1 Å². The van der Waals surface area contributed by atoms with Gasteiger partial charge in [-0.15, -0.1) is 11.8 Å². The van der Waals surface area contributed by atoms with E-state index in [1.165, 1.54) is 17.3 Å². The van der Waals surface area contributed by atoms with Crippen LogP contribution in [0.4, 0.5) is 0 Å². The summed E-state index contributed by atoms with van der Waals surface area (Å²) in [6.07, 6.45) is 0. The Bertz CT molecular complexity index is 1140. The molecule has 3 N–H and O–H groups in total. The molecule has 3 aromatic rings. The maximum absolute atomic E-state index is 12.7. The van der Waals surface area contributed by atoms with Gasteiger partial charge in [0.05, 0.1) is 5.75 Å². The Morgan fingerprint density at radius 3 is 2.88 bits per heavy atom. The van der Waals surface area contributed by atoms with Crippen molar-refractivity contribution in [3.05, 3.63) is 60.0 Å². The molecule has 2 saturated heterocycles. The Hall–Kier alpha value is -3.08. The molecule has 1 aromatic heterocycles. The molecule has 6 rings (SSSR count). The number of hydrogen-bond donors (Lipinski definition) is 3. The Balaban J connectivity index is 1.12. The van der Waals surface area contributed by atoms with E-state index in [1.54, 1.807) is 0 Å². The van der Waals surface area contributed by atoms with Crippen LogP contribution in [0.15, 0.2) is 53.1 Å². The first kappa shape index (κ1) is 19.6. The molecule has 3 aliphatic rings. The summed E-state index contributed by atoms with van der Waals surface area (Å²) in [6, 6.07) is 15.6. The minimum Gasteiger partial charge on any atom is -0.454 e. The van der Waals surface area contributed by atoms with Gasteiger partial charge in [0.25, 0.3) is 0 Å². The van der Waals surface area contributed by atoms with Crippen LogP contribution < -0.4 is 25.4 Å². The first-order valence-electron chi connectivity index (χ1n) is 10.4. The second kappa shape index (κ2) is 8.12. The summed E-state index contributed by atoms with van der Waals surface area (Å²) in [5.74, 6) is 3.07. The number of rotatable bonds is 5. The smallest absolute Gasteiger partial charge is 0.240 e. The van der Waals surface area contributed by atoms with Crippen LogP contribution in [0.5, 0.6) is 11.5 Å². The molecule has 0 radical (unpaired) electrons. The highest BCUT2D eigenvalue weighted by atomic mass is 32.2. The van der Waals surface area contributed by atoms with Crippen molar-refractivity contribution in [2.45, 2.75) is 29.3 Å². The van der Waals surface area contributed by atoms with Crippen molar-refractivity contribution >= 4 is 17.7 Å². The van der Waals surface area contributed by atoms with Crippen molar-refractivity contribution in [1.82, 2.24) is 26.1 Å². The molecule has 4 unspecified atom stereocenters. The average molecular weight is 452 g/mol. The van der Waals surface area contributed by atoms with E-state index in [-0.39, 0.29) is 36.2 Å². The Kier molecular flexibility index (Phi) is 4.97. The van der Waals surface area contributed by atoms with Gasteiger partial charge in [-0.05, 0) is 23.8 Å². The van der Waals surface area contributed by atoms with Crippen LogP contribution in [0.2, 0.25) is 0 Å². The van der Waals surface area contributed by atoms with Crippen molar-refractivity contribution in [3.8, 4) is 22.9 Å². The van der Waals surface area contributed by atoms with E-state index in [2.05, 4.69) is 38.2 Å². The fourth-order valence-electron chi connectivity index (χ4n) is 4.38. The zero-order chi connectivity index (χ0) is 21.5.